The minimum Gasteiger partial charge on any atom is -0.181 e. The van der Waals surface area contributed by atoms with Gasteiger partial charge in [0.05, 0.1) is 0 Å². The van der Waals surface area contributed by atoms with Crippen LogP contribution in [0.15, 0.2) is 91.0 Å². The van der Waals surface area contributed by atoms with Crippen molar-refractivity contribution in [2.45, 2.75) is 0 Å². The van der Waals surface area contributed by atoms with E-state index in [0.717, 1.165) is 9.55 Å². The zero-order chi connectivity index (χ0) is 14.9. The first-order chi connectivity index (χ1) is 10.4. The van der Waals surface area contributed by atoms with E-state index in [0.29, 0.717) is 0 Å². The molecule has 0 nitrogen and oxygen atoms in total. The summed E-state index contributed by atoms with van der Waals surface area (Å²) in [5.74, 6) is 0. The normalized spacial score (nSPS) is 10.0. The number of rotatable bonds is 3. The number of hydrogen-bond acceptors (Lipinski definition) is 0. The molecular weight excluding hydrogens is 308 g/mol. The monoisotopic (exact) mass is 326 g/mol. The maximum atomic E-state index is 4.78. The Morgan fingerprint density at radius 2 is 0.714 bits per heavy atom. The third kappa shape index (κ3) is 4.17. The lowest BCUT2D eigenvalue weighted by Crippen LogP contribution is -2.51. The van der Waals surface area contributed by atoms with E-state index in [-0.39, 0.29) is 0 Å². The Balaban J connectivity index is 0.000000774. The highest BCUT2D eigenvalue weighted by Gasteiger charge is 2.17. The van der Waals surface area contributed by atoms with E-state index in [4.69, 9.17) is 11.1 Å². The summed E-state index contributed by atoms with van der Waals surface area (Å²) in [5, 5.41) is 4.42. The first-order valence-electron chi connectivity index (χ1n) is 6.98. The van der Waals surface area contributed by atoms with Gasteiger partial charge in [0.2, 0.25) is 0 Å². The first kappa shape index (κ1) is 15.8. The number of hydrogen-bond donors (Lipinski definition) is 0. The molecule has 0 amide bonds. The smallest absolute Gasteiger partial charge is 0.132 e. The summed E-state index contributed by atoms with van der Waals surface area (Å²) in [7, 11) is -0.531. The lowest BCUT2D eigenvalue weighted by molar-refractivity contribution is 1.71. The van der Waals surface area contributed by atoms with Crippen LogP contribution < -0.4 is 15.6 Å². The molecule has 0 atom stereocenters. The Labute approximate surface area is 136 Å². The Morgan fingerprint density at radius 3 is 0.952 bits per heavy atom. The Hall–Kier alpha value is -1.62. The quantitative estimate of drug-likeness (QED) is 0.388. The van der Waals surface area contributed by atoms with Crippen molar-refractivity contribution in [1.82, 2.24) is 0 Å². The van der Waals surface area contributed by atoms with Crippen LogP contribution >= 0.6 is 11.1 Å². The van der Waals surface area contributed by atoms with E-state index >= 15 is 0 Å². The maximum Gasteiger partial charge on any atom is 0.132 e. The van der Waals surface area contributed by atoms with Crippen LogP contribution in [0.4, 0.5) is 0 Å². The number of benzene rings is 3. The molecule has 21 heavy (non-hydrogen) atoms. The summed E-state index contributed by atoms with van der Waals surface area (Å²) in [4.78, 5) is 0. The molecule has 106 valence electrons. The highest BCUT2D eigenvalue weighted by atomic mass is 35.6. The SMILES string of the molecule is [SiH3]Cl.c1ccc([SiH](c2ccccc2)c2ccccc2)cc1. The lowest BCUT2D eigenvalue weighted by Gasteiger charge is -2.16. The zero-order valence-corrected chi connectivity index (χ0v) is 16.0. The summed E-state index contributed by atoms with van der Waals surface area (Å²) < 4.78 is 0. The second-order valence-corrected chi connectivity index (χ2v) is 7.53. The summed E-state index contributed by atoms with van der Waals surface area (Å²) in [6, 6.07) is 32.7. The molecule has 0 aromatic heterocycles. The summed E-state index contributed by atoms with van der Waals surface area (Å²) in [5.41, 5.74) is 0. The van der Waals surface area contributed by atoms with Crippen LogP contribution in [0.3, 0.4) is 0 Å². The molecule has 0 aliphatic heterocycles. The molecule has 0 aliphatic rings. The molecule has 0 aliphatic carbocycles. The second-order valence-electron chi connectivity index (χ2n) is 4.67. The fraction of sp³-hybridized carbons (Fsp3) is 0. The van der Waals surface area contributed by atoms with Gasteiger partial charge in [-0.3, -0.25) is 0 Å². The van der Waals surface area contributed by atoms with Crippen molar-refractivity contribution in [1.29, 1.82) is 0 Å². The van der Waals surface area contributed by atoms with Gasteiger partial charge in [0, 0.05) is 0 Å². The van der Waals surface area contributed by atoms with Gasteiger partial charge < -0.3 is 0 Å². The average molecular weight is 327 g/mol. The predicted octanol–water partition coefficient (Wildman–Crippen LogP) is 1.44. The van der Waals surface area contributed by atoms with Crippen LogP contribution in [0.2, 0.25) is 0 Å². The molecule has 0 saturated heterocycles. The maximum absolute atomic E-state index is 4.78. The third-order valence-corrected chi connectivity index (χ3v) is 6.55. The molecule has 0 unspecified atom stereocenters. The fourth-order valence-electron chi connectivity index (χ4n) is 2.51. The molecule has 0 heterocycles. The van der Waals surface area contributed by atoms with Gasteiger partial charge in [-0.25, -0.2) is 0 Å². The standard InChI is InChI=1S/C18H16Si.ClH3Si/c1-4-10-16(11-5-1)19(17-12-6-2-7-13-17)18-14-8-3-9-15-18;1-2/h1-15,19H;2H3. The topological polar surface area (TPSA) is 0 Å². The summed E-state index contributed by atoms with van der Waals surface area (Å²) in [6.45, 7) is 0. The van der Waals surface area contributed by atoms with Crippen LogP contribution in [-0.4, -0.2) is 18.3 Å². The van der Waals surface area contributed by atoms with Crippen LogP contribution in [0.25, 0.3) is 0 Å². The predicted molar refractivity (Wildman–Crippen MR) is 101 cm³/mol. The van der Waals surface area contributed by atoms with Crippen molar-refractivity contribution in [3.63, 3.8) is 0 Å². The average Bonchev–Trinajstić information content (AvgIpc) is 2.60. The van der Waals surface area contributed by atoms with Crippen LogP contribution in [0, 0.1) is 0 Å². The van der Waals surface area contributed by atoms with Gasteiger partial charge in [0.25, 0.3) is 0 Å². The van der Waals surface area contributed by atoms with Gasteiger partial charge >= 0.3 is 0 Å². The highest BCUT2D eigenvalue weighted by molar-refractivity contribution is 6.95. The van der Waals surface area contributed by atoms with Crippen molar-refractivity contribution in [2.24, 2.45) is 0 Å². The molecule has 3 aromatic carbocycles. The first-order valence-corrected chi connectivity index (χ1v) is 11.7. The van der Waals surface area contributed by atoms with Gasteiger partial charge in [-0.2, -0.15) is 11.1 Å². The highest BCUT2D eigenvalue weighted by Crippen LogP contribution is 1.95. The molecular formula is C18H19ClSi2. The Kier molecular flexibility index (Phi) is 6.47. The van der Waals surface area contributed by atoms with Crippen molar-refractivity contribution in [3.05, 3.63) is 91.0 Å². The lowest BCUT2D eigenvalue weighted by atomic mass is 10.3. The second kappa shape index (κ2) is 8.62. The molecule has 0 saturated carbocycles. The van der Waals surface area contributed by atoms with E-state index in [1.54, 1.807) is 0 Å². The van der Waals surface area contributed by atoms with Gasteiger partial charge in [-0.1, -0.05) is 107 Å². The van der Waals surface area contributed by atoms with Crippen molar-refractivity contribution in [3.8, 4) is 0 Å². The van der Waals surface area contributed by atoms with Crippen molar-refractivity contribution < 1.29 is 0 Å². The van der Waals surface area contributed by atoms with E-state index in [1.165, 1.54) is 15.6 Å². The molecule has 0 N–H and O–H groups in total. The molecule has 3 heteroatoms. The van der Waals surface area contributed by atoms with Gasteiger partial charge in [0.15, 0.2) is 0 Å². The third-order valence-electron chi connectivity index (χ3n) is 3.40. The Morgan fingerprint density at radius 1 is 0.476 bits per heavy atom. The zero-order valence-electron chi connectivity index (χ0n) is 12.1. The minimum absolute atomic E-state index is 0.778. The fourth-order valence-corrected chi connectivity index (χ4v) is 5.49. The minimum atomic E-state index is -1.31. The molecule has 0 spiro atoms. The molecule has 0 fully saturated rings. The van der Waals surface area contributed by atoms with E-state index in [9.17, 15) is 0 Å². The van der Waals surface area contributed by atoms with E-state index in [2.05, 4.69) is 91.0 Å². The molecule has 0 bridgehead atoms. The number of halogens is 1. The van der Waals surface area contributed by atoms with Crippen LogP contribution in [0.1, 0.15) is 0 Å². The largest absolute Gasteiger partial charge is 0.181 e. The molecule has 3 rings (SSSR count). The van der Waals surface area contributed by atoms with Crippen molar-refractivity contribution >= 4 is 45.0 Å². The van der Waals surface area contributed by atoms with Crippen molar-refractivity contribution in [2.75, 3.05) is 0 Å². The van der Waals surface area contributed by atoms with Crippen LogP contribution in [0.5, 0.6) is 0 Å². The van der Waals surface area contributed by atoms with Crippen LogP contribution in [-0.2, 0) is 0 Å². The van der Waals surface area contributed by atoms with E-state index in [1.807, 2.05) is 0 Å². The van der Waals surface area contributed by atoms with Gasteiger partial charge in [0.1, 0.15) is 18.3 Å². The summed E-state index contributed by atoms with van der Waals surface area (Å²) >= 11 is 4.78. The Bertz CT molecular complexity index is 533. The van der Waals surface area contributed by atoms with Gasteiger partial charge in [-0.05, 0) is 0 Å². The molecule has 0 radical (unpaired) electrons. The van der Waals surface area contributed by atoms with Gasteiger partial charge in [-0.15, -0.1) is 0 Å². The van der Waals surface area contributed by atoms with E-state index < -0.39 is 8.80 Å². The molecule has 3 aromatic rings. The summed E-state index contributed by atoms with van der Waals surface area (Å²) in [6.07, 6.45) is 0.